The van der Waals surface area contributed by atoms with Gasteiger partial charge < -0.3 is 10.1 Å². The molecule has 3 nitrogen and oxygen atoms in total. The Bertz CT molecular complexity index is 552. The van der Waals surface area contributed by atoms with Gasteiger partial charge in [0.2, 0.25) is 5.88 Å². The van der Waals surface area contributed by atoms with Crippen molar-refractivity contribution in [1.82, 2.24) is 10.3 Å². The van der Waals surface area contributed by atoms with Crippen molar-refractivity contribution in [2.45, 2.75) is 27.3 Å². The number of ether oxygens (including phenoxy) is 1. The van der Waals surface area contributed by atoms with Crippen molar-refractivity contribution in [3.8, 4) is 11.6 Å². The maximum atomic E-state index is 5.82. The molecule has 0 saturated carbocycles. The van der Waals surface area contributed by atoms with Crippen molar-refractivity contribution < 1.29 is 4.74 Å². The molecule has 19 heavy (non-hydrogen) atoms. The van der Waals surface area contributed by atoms with E-state index in [4.69, 9.17) is 4.74 Å². The summed E-state index contributed by atoms with van der Waals surface area (Å²) in [6, 6.07) is 10.1. The van der Waals surface area contributed by atoms with Crippen LogP contribution in [0.5, 0.6) is 11.6 Å². The number of hydrogen-bond donors (Lipinski definition) is 1. The van der Waals surface area contributed by atoms with Crippen LogP contribution >= 0.6 is 0 Å². The van der Waals surface area contributed by atoms with E-state index >= 15 is 0 Å². The minimum Gasteiger partial charge on any atom is -0.439 e. The molecule has 1 aromatic heterocycles. The maximum absolute atomic E-state index is 5.82. The zero-order chi connectivity index (χ0) is 13.7. The van der Waals surface area contributed by atoms with Gasteiger partial charge in [-0.05, 0) is 49.7 Å². The molecule has 1 N–H and O–H groups in total. The van der Waals surface area contributed by atoms with Gasteiger partial charge in [-0.25, -0.2) is 4.98 Å². The van der Waals surface area contributed by atoms with Gasteiger partial charge in [-0.3, -0.25) is 0 Å². The molecule has 0 unspecified atom stereocenters. The highest BCUT2D eigenvalue weighted by Crippen LogP contribution is 2.23. The first kappa shape index (κ1) is 13.6. The van der Waals surface area contributed by atoms with E-state index in [-0.39, 0.29) is 0 Å². The molecule has 1 heterocycles. The Hall–Kier alpha value is -1.87. The molecule has 0 fully saturated rings. The van der Waals surface area contributed by atoms with Crippen molar-refractivity contribution in [1.29, 1.82) is 0 Å². The summed E-state index contributed by atoms with van der Waals surface area (Å²) in [6.07, 6.45) is 1.86. The minimum absolute atomic E-state index is 0.672. The predicted molar refractivity (Wildman–Crippen MR) is 77.6 cm³/mol. The van der Waals surface area contributed by atoms with E-state index in [0.717, 1.165) is 24.4 Å². The summed E-state index contributed by atoms with van der Waals surface area (Å²) in [5, 5.41) is 3.29. The molecular weight excluding hydrogens is 236 g/mol. The number of benzene rings is 1. The number of pyridine rings is 1. The summed E-state index contributed by atoms with van der Waals surface area (Å²) in [6.45, 7) is 7.96. The Labute approximate surface area is 114 Å². The van der Waals surface area contributed by atoms with Crippen LogP contribution in [0.1, 0.15) is 23.6 Å². The molecule has 0 aliphatic rings. The molecule has 0 spiro atoms. The van der Waals surface area contributed by atoms with Gasteiger partial charge in [0.25, 0.3) is 0 Å². The molecular formula is C16H20N2O. The number of rotatable bonds is 5. The first-order chi connectivity index (χ1) is 9.19. The van der Waals surface area contributed by atoms with E-state index in [2.05, 4.69) is 23.3 Å². The monoisotopic (exact) mass is 256 g/mol. The molecule has 2 aromatic rings. The van der Waals surface area contributed by atoms with Crippen LogP contribution in [0.15, 0.2) is 36.5 Å². The van der Waals surface area contributed by atoms with Crippen LogP contribution in [-0.4, -0.2) is 11.5 Å². The fourth-order valence-corrected chi connectivity index (χ4v) is 1.88. The molecule has 0 saturated heterocycles. The van der Waals surface area contributed by atoms with Gasteiger partial charge in [-0.1, -0.05) is 19.1 Å². The normalized spacial score (nSPS) is 10.5. The summed E-state index contributed by atoms with van der Waals surface area (Å²) in [4.78, 5) is 4.39. The van der Waals surface area contributed by atoms with Crippen LogP contribution in [0.25, 0.3) is 0 Å². The number of nitrogens with one attached hydrogen (secondary N) is 1. The van der Waals surface area contributed by atoms with Crippen LogP contribution in [0.4, 0.5) is 0 Å². The zero-order valence-electron chi connectivity index (χ0n) is 11.7. The van der Waals surface area contributed by atoms with Crippen molar-refractivity contribution in [2.75, 3.05) is 6.54 Å². The zero-order valence-corrected chi connectivity index (χ0v) is 11.7. The topological polar surface area (TPSA) is 34.2 Å². The van der Waals surface area contributed by atoms with Crippen LogP contribution < -0.4 is 10.1 Å². The van der Waals surface area contributed by atoms with Crippen LogP contribution in [0, 0.1) is 13.8 Å². The lowest BCUT2D eigenvalue weighted by Gasteiger charge is -2.10. The molecule has 100 valence electrons. The van der Waals surface area contributed by atoms with Crippen LogP contribution in [0.3, 0.4) is 0 Å². The van der Waals surface area contributed by atoms with Crippen molar-refractivity contribution >= 4 is 0 Å². The Kier molecular flexibility index (Phi) is 4.53. The summed E-state index contributed by atoms with van der Waals surface area (Å²) in [7, 11) is 0. The van der Waals surface area contributed by atoms with E-state index in [0.29, 0.717) is 5.88 Å². The average molecular weight is 256 g/mol. The van der Waals surface area contributed by atoms with E-state index in [1.54, 1.807) is 0 Å². The lowest BCUT2D eigenvalue weighted by atomic mass is 10.2. The lowest BCUT2D eigenvalue weighted by molar-refractivity contribution is 0.458. The van der Waals surface area contributed by atoms with Gasteiger partial charge in [-0.15, -0.1) is 0 Å². The Balaban J connectivity index is 2.13. The molecule has 3 heteroatoms. The number of aryl methyl sites for hydroxylation is 2. The van der Waals surface area contributed by atoms with Crippen molar-refractivity contribution in [2.24, 2.45) is 0 Å². The van der Waals surface area contributed by atoms with Crippen LogP contribution in [-0.2, 0) is 6.54 Å². The third kappa shape index (κ3) is 3.80. The third-order valence-electron chi connectivity index (χ3n) is 2.87. The average Bonchev–Trinajstić information content (AvgIpc) is 2.39. The molecule has 0 aliphatic heterocycles. The third-order valence-corrected chi connectivity index (χ3v) is 2.87. The van der Waals surface area contributed by atoms with Gasteiger partial charge in [0.05, 0.1) is 0 Å². The number of aromatic nitrogens is 1. The second-order valence-corrected chi connectivity index (χ2v) is 4.66. The largest absolute Gasteiger partial charge is 0.439 e. The van der Waals surface area contributed by atoms with Gasteiger partial charge in [-0.2, -0.15) is 0 Å². The Morgan fingerprint density at radius 2 is 2.05 bits per heavy atom. The van der Waals surface area contributed by atoms with Crippen LogP contribution in [0.2, 0.25) is 0 Å². The Morgan fingerprint density at radius 3 is 2.74 bits per heavy atom. The molecule has 0 bridgehead atoms. The summed E-state index contributed by atoms with van der Waals surface area (Å²) in [5.41, 5.74) is 3.41. The molecule has 0 atom stereocenters. The van der Waals surface area contributed by atoms with Crippen molar-refractivity contribution in [3.63, 3.8) is 0 Å². The van der Waals surface area contributed by atoms with Gasteiger partial charge in [0.15, 0.2) is 0 Å². The fourth-order valence-electron chi connectivity index (χ4n) is 1.88. The van der Waals surface area contributed by atoms with Gasteiger partial charge in [0, 0.05) is 18.3 Å². The Morgan fingerprint density at radius 1 is 1.21 bits per heavy atom. The first-order valence-corrected chi connectivity index (χ1v) is 6.60. The van der Waals surface area contributed by atoms with Gasteiger partial charge >= 0.3 is 0 Å². The highest BCUT2D eigenvalue weighted by atomic mass is 16.5. The highest BCUT2D eigenvalue weighted by Gasteiger charge is 2.04. The summed E-state index contributed by atoms with van der Waals surface area (Å²) >= 11 is 0. The van der Waals surface area contributed by atoms with E-state index in [9.17, 15) is 0 Å². The highest BCUT2D eigenvalue weighted by molar-refractivity contribution is 5.35. The first-order valence-electron chi connectivity index (χ1n) is 6.60. The smallest absolute Gasteiger partial charge is 0.222 e. The SMILES string of the molecule is CCNCc1cnc(Oc2cccc(C)c2)c(C)c1. The summed E-state index contributed by atoms with van der Waals surface area (Å²) < 4.78 is 5.82. The standard InChI is InChI=1S/C16H20N2O/c1-4-17-10-14-9-13(3)16(18-11-14)19-15-7-5-6-12(2)8-15/h5-9,11,17H,4,10H2,1-3H3. The molecule has 0 aliphatic carbocycles. The number of nitrogens with zero attached hydrogens (tertiary/aromatic N) is 1. The van der Waals surface area contributed by atoms with E-state index < -0.39 is 0 Å². The molecule has 1 aromatic carbocycles. The predicted octanol–water partition coefficient (Wildman–Crippen LogP) is 3.60. The van der Waals surface area contributed by atoms with E-state index in [1.165, 1.54) is 11.1 Å². The second-order valence-electron chi connectivity index (χ2n) is 4.66. The quantitative estimate of drug-likeness (QED) is 0.887. The minimum atomic E-state index is 0.672. The molecule has 2 rings (SSSR count). The van der Waals surface area contributed by atoms with Gasteiger partial charge in [0.1, 0.15) is 5.75 Å². The summed E-state index contributed by atoms with van der Waals surface area (Å²) in [5.74, 6) is 1.50. The van der Waals surface area contributed by atoms with E-state index in [1.807, 2.05) is 44.3 Å². The van der Waals surface area contributed by atoms with Crippen molar-refractivity contribution in [3.05, 3.63) is 53.2 Å². The number of hydrogen-bond acceptors (Lipinski definition) is 3. The lowest BCUT2D eigenvalue weighted by Crippen LogP contribution is -2.12. The maximum Gasteiger partial charge on any atom is 0.222 e. The molecule has 0 amide bonds. The second kappa shape index (κ2) is 6.34. The molecule has 0 radical (unpaired) electrons. The fraction of sp³-hybridized carbons (Fsp3) is 0.312.